The number of nitrogens with one attached hydrogen (secondary N) is 1. The van der Waals surface area contributed by atoms with Gasteiger partial charge in [0.1, 0.15) is 5.82 Å². The van der Waals surface area contributed by atoms with Crippen molar-refractivity contribution < 1.29 is 4.39 Å². The van der Waals surface area contributed by atoms with Crippen molar-refractivity contribution >= 4 is 11.4 Å². The highest BCUT2D eigenvalue weighted by atomic mass is 19.1. The molecule has 0 saturated heterocycles. The summed E-state index contributed by atoms with van der Waals surface area (Å²) in [5.41, 5.74) is 6.87. The molecule has 3 N–H and O–H groups in total. The average Bonchev–Trinajstić information content (AvgIpc) is 2.07. The molecule has 0 heterocycles. The second-order valence-corrected chi connectivity index (χ2v) is 2.66. The van der Waals surface area contributed by atoms with E-state index in [-0.39, 0.29) is 5.82 Å². The lowest BCUT2D eigenvalue weighted by atomic mass is 10.2. The second kappa shape index (κ2) is 3.95. The molecular formula is C9H13FN2. The van der Waals surface area contributed by atoms with E-state index < -0.39 is 0 Å². The van der Waals surface area contributed by atoms with Crippen LogP contribution >= 0.6 is 0 Å². The van der Waals surface area contributed by atoms with E-state index in [1.54, 1.807) is 6.07 Å². The third-order valence-corrected chi connectivity index (χ3v) is 1.58. The van der Waals surface area contributed by atoms with Gasteiger partial charge < -0.3 is 11.1 Å². The Balaban J connectivity index is 2.75. The largest absolute Gasteiger partial charge is 0.397 e. The zero-order valence-corrected chi connectivity index (χ0v) is 7.10. The Bertz CT molecular complexity index is 261. The maximum absolute atomic E-state index is 12.7. The summed E-state index contributed by atoms with van der Waals surface area (Å²) < 4.78 is 12.7. The molecule has 0 aliphatic rings. The first-order chi connectivity index (χ1) is 5.74. The summed E-state index contributed by atoms with van der Waals surface area (Å²) in [5.74, 6) is -0.261. The summed E-state index contributed by atoms with van der Waals surface area (Å²) in [4.78, 5) is 0. The van der Waals surface area contributed by atoms with Crippen molar-refractivity contribution in [1.29, 1.82) is 0 Å². The molecule has 1 aromatic rings. The predicted molar refractivity (Wildman–Crippen MR) is 49.6 cm³/mol. The topological polar surface area (TPSA) is 38.0 Å². The number of benzene rings is 1. The van der Waals surface area contributed by atoms with Gasteiger partial charge >= 0.3 is 0 Å². The maximum atomic E-state index is 12.7. The highest BCUT2D eigenvalue weighted by Crippen LogP contribution is 2.18. The Kier molecular flexibility index (Phi) is 2.91. The molecule has 0 aromatic heterocycles. The Morgan fingerprint density at radius 3 is 2.92 bits per heavy atom. The van der Waals surface area contributed by atoms with Gasteiger partial charge in [-0.15, -0.1) is 0 Å². The number of nitrogens with two attached hydrogens (primary N) is 1. The molecule has 66 valence electrons. The maximum Gasteiger partial charge on any atom is 0.125 e. The molecule has 0 atom stereocenters. The quantitative estimate of drug-likeness (QED) is 0.679. The molecular weight excluding hydrogens is 155 g/mol. The number of nitrogen functional groups attached to an aromatic ring is 1. The first kappa shape index (κ1) is 8.84. The minimum Gasteiger partial charge on any atom is -0.397 e. The molecule has 0 amide bonds. The SMILES string of the molecule is CCCNc1cc(F)ccc1N. The predicted octanol–water partition coefficient (Wildman–Crippen LogP) is 2.23. The summed E-state index contributed by atoms with van der Waals surface area (Å²) in [7, 11) is 0. The smallest absolute Gasteiger partial charge is 0.125 e. The molecule has 0 fully saturated rings. The first-order valence-electron chi connectivity index (χ1n) is 4.03. The van der Waals surface area contributed by atoms with Gasteiger partial charge in [0.25, 0.3) is 0 Å². The zero-order valence-electron chi connectivity index (χ0n) is 7.10. The van der Waals surface area contributed by atoms with E-state index in [2.05, 4.69) is 5.32 Å². The fraction of sp³-hybridized carbons (Fsp3) is 0.333. The fourth-order valence-corrected chi connectivity index (χ4v) is 0.941. The van der Waals surface area contributed by atoms with Crippen molar-refractivity contribution in [3.05, 3.63) is 24.0 Å². The van der Waals surface area contributed by atoms with E-state index in [9.17, 15) is 4.39 Å². The van der Waals surface area contributed by atoms with Crippen LogP contribution in [-0.4, -0.2) is 6.54 Å². The average molecular weight is 168 g/mol. The van der Waals surface area contributed by atoms with Crippen LogP contribution < -0.4 is 11.1 Å². The van der Waals surface area contributed by atoms with Crippen LogP contribution in [0.3, 0.4) is 0 Å². The Hall–Kier alpha value is -1.25. The van der Waals surface area contributed by atoms with Crippen LogP contribution in [0.15, 0.2) is 18.2 Å². The van der Waals surface area contributed by atoms with Gasteiger partial charge in [-0.05, 0) is 24.6 Å². The lowest BCUT2D eigenvalue weighted by molar-refractivity contribution is 0.628. The van der Waals surface area contributed by atoms with Crippen LogP contribution in [0.1, 0.15) is 13.3 Å². The van der Waals surface area contributed by atoms with Crippen LogP contribution in [0.5, 0.6) is 0 Å². The standard InChI is InChI=1S/C9H13FN2/c1-2-5-12-9-6-7(10)3-4-8(9)11/h3-4,6,12H,2,5,11H2,1H3. The van der Waals surface area contributed by atoms with Crippen molar-refractivity contribution in [2.24, 2.45) is 0 Å². The molecule has 1 rings (SSSR count). The van der Waals surface area contributed by atoms with Gasteiger partial charge in [0.15, 0.2) is 0 Å². The monoisotopic (exact) mass is 168 g/mol. The van der Waals surface area contributed by atoms with E-state index in [1.165, 1.54) is 12.1 Å². The van der Waals surface area contributed by atoms with Crippen molar-refractivity contribution in [2.45, 2.75) is 13.3 Å². The number of hydrogen-bond donors (Lipinski definition) is 2. The summed E-state index contributed by atoms with van der Waals surface area (Å²) in [5, 5.41) is 3.04. The Morgan fingerprint density at radius 1 is 1.50 bits per heavy atom. The van der Waals surface area contributed by atoms with Gasteiger partial charge in [-0.3, -0.25) is 0 Å². The normalized spacial score (nSPS) is 9.83. The molecule has 0 spiro atoms. The number of hydrogen-bond acceptors (Lipinski definition) is 2. The summed E-state index contributed by atoms with van der Waals surface area (Å²) in [6.07, 6.45) is 0.996. The first-order valence-corrected chi connectivity index (χ1v) is 4.03. The lowest BCUT2D eigenvalue weighted by Gasteiger charge is -2.07. The minimum atomic E-state index is -0.261. The van der Waals surface area contributed by atoms with E-state index in [0.29, 0.717) is 11.4 Å². The molecule has 2 nitrogen and oxygen atoms in total. The minimum absolute atomic E-state index is 0.261. The van der Waals surface area contributed by atoms with Crippen molar-refractivity contribution in [2.75, 3.05) is 17.6 Å². The molecule has 0 radical (unpaired) electrons. The number of anilines is 2. The fourth-order valence-electron chi connectivity index (χ4n) is 0.941. The van der Waals surface area contributed by atoms with Gasteiger partial charge in [0, 0.05) is 6.54 Å². The molecule has 3 heteroatoms. The second-order valence-electron chi connectivity index (χ2n) is 2.66. The highest BCUT2D eigenvalue weighted by molar-refractivity contribution is 5.65. The molecule has 0 unspecified atom stereocenters. The van der Waals surface area contributed by atoms with Gasteiger partial charge in [-0.1, -0.05) is 6.92 Å². The van der Waals surface area contributed by atoms with E-state index in [0.717, 1.165) is 13.0 Å². The number of halogens is 1. The molecule has 12 heavy (non-hydrogen) atoms. The van der Waals surface area contributed by atoms with Gasteiger partial charge in [0.05, 0.1) is 11.4 Å². The van der Waals surface area contributed by atoms with E-state index >= 15 is 0 Å². The lowest BCUT2D eigenvalue weighted by Crippen LogP contribution is -2.03. The highest BCUT2D eigenvalue weighted by Gasteiger charge is 1.98. The zero-order chi connectivity index (χ0) is 8.97. The third-order valence-electron chi connectivity index (χ3n) is 1.58. The molecule has 1 aromatic carbocycles. The van der Waals surface area contributed by atoms with Crippen molar-refractivity contribution in [3.8, 4) is 0 Å². The van der Waals surface area contributed by atoms with Crippen LogP contribution in [0.2, 0.25) is 0 Å². The van der Waals surface area contributed by atoms with Gasteiger partial charge in [-0.25, -0.2) is 4.39 Å². The van der Waals surface area contributed by atoms with Crippen molar-refractivity contribution in [3.63, 3.8) is 0 Å². The molecule has 0 aliphatic carbocycles. The summed E-state index contributed by atoms with van der Waals surface area (Å²) in [6, 6.07) is 4.32. The van der Waals surface area contributed by atoms with Gasteiger partial charge in [0.2, 0.25) is 0 Å². The van der Waals surface area contributed by atoms with E-state index in [1.807, 2.05) is 6.92 Å². The summed E-state index contributed by atoms with van der Waals surface area (Å²) in [6.45, 7) is 2.86. The van der Waals surface area contributed by atoms with Crippen LogP contribution in [0, 0.1) is 5.82 Å². The third kappa shape index (κ3) is 2.12. The van der Waals surface area contributed by atoms with Gasteiger partial charge in [-0.2, -0.15) is 0 Å². The Labute approximate surface area is 71.6 Å². The Morgan fingerprint density at radius 2 is 2.25 bits per heavy atom. The van der Waals surface area contributed by atoms with Crippen LogP contribution in [0.25, 0.3) is 0 Å². The molecule has 0 bridgehead atoms. The van der Waals surface area contributed by atoms with Crippen LogP contribution in [-0.2, 0) is 0 Å². The molecule has 0 aliphatic heterocycles. The van der Waals surface area contributed by atoms with Crippen LogP contribution in [0.4, 0.5) is 15.8 Å². The summed E-state index contributed by atoms with van der Waals surface area (Å²) >= 11 is 0. The molecule has 0 saturated carbocycles. The van der Waals surface area contributed by atoms with E-state index in [4.69, 9.17) is 5.73 Å². The van der Waals surface area contributed by atoms with Crippen molar-refractivity contribution in [1.82, 2.24) is 0 Å². The number of rotatable bonds is 3.